The van der Waals surface area contributed by atoms with Crippen LogP contribution in [0.15, 0.2) is 48.1 Å². The molecule has 0 aliphatic carbocycles. The summed E-state index contributed by atoms with van der Waals surface area (Å²) in [6.45, 7) is 0.424. The first-order valence-corrected chi connectivity index (χ1v) is 8.30. The van der Waals surface area contributed by atoms with Gasteiger partial charge in [0.2, 0.25) is 0 Å². The van der Waals surface area contributed by atoms with Gasteiger partial charge in [0.05, 0.1) is 21.7 Å². The second kappa shape index (κ2) is 6.29. The van der Waals surface area contributed by atoms with E-state index in [0.29, 0.717) is 23.6 Å². The Morgan fingerprint density at radius 1 is 1.24 bits per heavy atom. The Morgan fingerprint density at radius 2 is 2.16 bits per heavy atom. The average molecular weight is 352 g/mol. The number of H-pyrrole nitrogens is 1. The number of nitro benzene ring substituents is 1. The maximum atomic E-state index is 11.2. The van der Waals surface area contributed by atoms with Crippen molar-refractivity contribution in [3.05, 3.63) is 64.0 Å². The van der Waals surface area contributed by atoms with Gasteiger partial charge in [-0.25, -0.2) is 4.98 Å². The fourth-order valence-corrected chi connectivity index (χ4v) is 3.22. The van der Waals surface area contributed by atoms with Gasteiger partial charge in [-0.1, -0.05) is 6.07 Å². The fraction of sp³-hybridized carbons (Fsp3) is 0.0625. The van der Waals surface area contributed by atoms with Crippen molar-refractivity contribution in [2.24, 2.45) is 0 Å². The van der Waals surface area contributed by atoms with Crippen molar-refractivity contribution < 1.29 is 4.92 Å². The van der Waals surface area contributed by atoms with Crippen molar-refractivity contribution in [3.63, 3.8) is 0 Å². The molecule has 0 atom stereocenters. The van der Waals surface area contributed by atoms with E-state index in [4.69, 9.17) is 0 Å². The molecule has 3 heterocycles. The Labute approximate surface area is 145 Å². The lowest BCUT2D eigenvalue weighted by molar-refractivity contribution is -0.383. The molecule has 0 saturated carbocycles. The highest BCUT2D eigenvalue weighted by molar-refractivity contribution is 7.13. The third-order valence-corrected chi connectivity index (χ3v) is 4.58. The van der Waals surface area contributed by atoms with Gasteiger partial charge in [0.1, 0.15) is 5.82 Å². The molecular weight excluding hydrogens is 340 g/mol. The Bertz CT molecular complexity index is 1040. The number of fused-ring (bicyclic) bond motifs is 1. The molecule has 124 valence electrons. The van der Waals surface area contributed by atoms with Crippen molar-refractivity contribution in [2.45, 2.75) is 6.54 Å². The van der Waals surface area contributed by atoms with E-state index in [9.17, 15) is 10.1 Å². The van der Waals surface area contributed by atoms with E-state index in [1.807, 2.05) is 17.5 Å². The molecule has 1 aromatic carbocycles. The normalized spacial score (nSPS) is 10.9. The van der Waals surface area contributed by atoms with Gasteiger partial charge in [-0.05, 0) is 23.6 Å². The molecule has 0 aliphatic rings. The van der Waals surface area contributed by atoms with Gasteiger partial charge in [0, 0.05) is 29.5 Å². The Hall–Kier alpha value is -3.33. The lowest BCUT2D eigenvalue weighted by Gasteiger charge is -2.08. The Morgan fingerprint density at radius 3 is 2.96 bits per heavy atom. The Balaban J connectivity index is 1.59. The maximum absolute atomic E-state index is 11.2. The zero-order valence-electron chi connectivity index (χ0n) is 12.8. The second-order valence-corrected chi connectivity index (χ2v) is 6.19. The van der Waals surface area contributed by atoms with Crippen LogP contribution in [0.1, 0.15) is 5.82 Å². The molecule has 25 heavy (non-hydrogen) atoms. The monoisotopic (exact) mass is 352 g/mol. The zero-order valence-corrected chi connectivity index (χ0v) is 13.7. The van der Waals surface area contributed by atoms with Crippen LogP contribution in [0.2, 0.25) is 0 Å². The largest absolute Gasteiger partial charge is 0.377 e. The van der Waals surface area contributed by atoms with Crippen molar-refractivity contribution in [3.8, 4) is 10.7 Å². The summed E-state index contributed by atoms with van der Waals surface area (Å²) in [7, 11) is 0. The fourth-order valence-electron chi connectivity index (χ4n) is 2.56. The van der Waals surface area contributed by atoms with E-state index in [1.54, 1.807) is 29.7 Å². The molecule has 4 aromatic rings. The predicted molar refractivity (Wildman–Crippen MR) is 95.4 cm³/mol. The standard InChI is InChI=1S/C16H12N6O2S/c23-22(24)13-4-3-12(10-5-6-17-8-11(10)13)18-9-15-19-16(21-20-15)14-2-1-7-25-14/h1-8,18H,9H2,(H,19,20,21). The maximum Gasteiger partial charge on any atom is 0.278 e. The highest BCUT2D eigenvalue weighted by atomic mass is 32.1. The second-order valence-electron chi connectivity index (χ2n) is 5.25. The summed E-state index contributed by atoms with van der Waals surface area (Å²) in [5.41, 5.74) is 0.811. The van der Waals surface area contributed by atoms with E-state index in [2.05, 4.69) is 25.5 Å². The van der Waals surface area contributed by atoms with Crippen LogP contribution in [0.4, 0.5) is 11.4 Å². The number of aromatic amines is 1. The summed E-state index contributed by atoms with van der Waals surface area (Å²) in [6, 6.07) is 8.83. The molecular formula is C16H12N6O2S. The molecule has 8 nitrogen and oxygen atoms in total. The SMILES string of the molecule is O=[N+]([O-])c1ccc(NCc2nc(-c3cccs3)n[nH]2)c2ccncc12. The number of aromatic nitrogens is 4. The number of pyridine rings is 1. The Kier molecular flexibility index (Phi) is 3.82. The first-order chi connectivity index (χ1) is 12.2. The molecule has 0 radical (unpaired) electrons. The summed E-state index contributed by atoms with van der Waals surface area (Å²) in [4.78, 5) is 20.2. The van der Waals surface area contributed by atoms with Gasteiger partial charge in [0.15, 0.2) is 5.82 Å². The summed E-state index contributed by atoms with van der Waals surface area (Å²) < 4.78 is 0. The molecule has 0 spiro atoms. The topological polar surface area (TPSA) is 110 Å². The van der Waals surface area contributed by atoms with E-state index in [1.165, 1.54) is 12.3 Å². The van der Waals surface area contributed by atoms with Gasteiger partial charge in [0.25, 0.3) is 5.69 Å². The lowest BCUT2D eigenvalue weighted by atomic mass is 10.1. The number of nitrogens with one attached hydrogen (secondary N) is 2. The third-order valence-electron chi connectivity index (χ3n) is 3.71. The minimum atomic E-state index is -0.405. The van der Waals surface area contributed by atoms with Crippen LogP contribution < -0.4 is 5.32 Å². The molecule has 0 amide bonds. The lowest BCUT2D eigenvalue weighted by Crippen LogP contribution is -2.02. The van der Waals surface area contributed by atoms with Crippen LogP contribution in [-0.4, -0.2) is 25.1 Å². The van der Waals surface area contributed by atoms with Gasteiger partial charge in [-0.15, -0.1) is 11.3 Å². The molecule has 4 rings (SSSR count). The molecule has 2 N–H and O–H groups in total. The molecule has 9 heteroatoms. The molecule has 3 aromatic heterocycles. The summed E-state index contributed by atoms with van der Waals surface area (Å²) in [5.74, 6) is 1.34. The highest BCUT2D eigenvalue weighted by Gasteiger charge is 2.14. The average Bonchev–Trinajstić information content (AvgIpc) is 3.30. The number of rotatable bonds is 5. The van der Waals surface area contributed by atoms with E-state index >= 15 is 0 Å². The first-order valence-electron chi connectivity index (χ1n) is 7.42. The van der Waals surface area contributed by atoms with Crippen molar-refractivity contribution in [2.75, 3.05) is 5.32 Å². The number of hydrogen-bond donors (Lipinski definition) is 2. The van der Waals surface area contributed by atoms with Crippen LogP contribution in [0.5, 0.6) is 0 Å². The van der Waals surface area contributed by atoms with Crippen molar-refractivity contribution in [1.29, 1.82) is 0 Å². The zero-order chi connectivity index (χ0) is 17.2. The minimum absolute atomic E-state index is 0.0355. The summed E-state index contributed by atoms with van der Waals surface area (Å²) >= 11 is 1.57. The molecule has 0 bridgehead atoms. The number of benzene rings is 1. The molecule has 0 fully saturated rings. The van der Waals surface area contributed by atoms with Gasteiger partial charge < -0.3 is 5.32 Å². The quantitative estimate of drug-likeness (QED) is 0.419. The van der Waals surface area contributed by atoms with E-state index in [0.717, 1.165) is 16.0 Å². The van der Waals surface area contributed by atoms with Crippen molar-refractivity contribution >= 4 is 33.5 Å². The number of nitro groups is 1. The predicted octanol–water partition coefficient (Wildman–Crippen LogP) is 3.60. The molecule has 0 saturated heterocycles. The van der Waals surface area contributed by atoms with Crippen LogP contribution in [0.3, 0.4) is 0 Å². The number of thiophene rings is 1. The molecule has 0 aliphatic heterocycles. The van der Waals surface area contributed by atoms with Gasteiger partial charge in [-0.2, -0.15) is 5.10 Å². The van der Waals surface area contributed by atoms with Gasteiger partial charge >= 0.3 is 0 Å². The number of anilines is 1. The van der Waals surface area contributed by atoms with Crippen LogP contribution in [0, 0.1) is 10.1 Å². The third kappa shape index (κ3) is 2.92. The van der Waals surface area contributed by atoms with Crippen molar-refractivity contribution in [1.82, 2.24) is 20.2 Å². The molecule has 0 unspecified atom stereocenters. The highest BCUT2D eigenvalue weighted by Crippen LogP contribution is 2.30. The minimum Gasteiger partial charge on any atom is -0.377 e. The number of hydrogen-bond acceptors (Lipinski definition) is 7. The number of nitrogens with zero attached hydrogens (tertiary/aromatic N) is 4. The van der Waals surface area contributed by atoms with Gasteiger partial charge in [-0.3, -0.25) is 20.2 Å². The summed E-state index contributed by atoms with van der Waals surface area (Å²) in [6.07, 6.45) is 3.11. The van der Waals surface area contributed by atoms with E-state index < -0.39 is 4.92 Å². The van der Waals surface area contributed by atoms with Crippen LogP contribution in [-0.2, 0) is 6.54 Å². The summed E-state index contributed by atoms with van der Waals surface area (Å²) in [5, 5.41) is 24.7. The van der Waals surface area contributed by atoms with Crippen LogP contribution in [0.25, 0.3) is 21.5 Å². The van der Waals surface area contributed by atoms with E-state index in [-0.39, 0.29) is 5.69 Å². The smallest absolute Gasteiger partial charge is 0.278 e. The van der Waals surface area contributed by atoms with Crippen LogP contribution >= 0.6 is 11.3 Å². The first kappa shape index (κ1) is 15.2. The number of non-ortho nitro benzene ring substituents is 1.